The fraction of sp³-hybridized carbons (Fsp3) is 0.182. The third kappa shape index (κ3) is 1.88. The summed E-state index contributed by atoms with van der Waals surface area (Å²) in [5, 5.41) is 2.86. The summed E-state index contributed by atoms with van der Waals surface area (Å²) in [4.78, 5) is 3.91. The van der Waals surface area contributed by atoms with Gasteiger partial charge in [0.1, 0.15) is 5.16 Å². The van der Waals surface area contributed by atoms with Crippen molar-refractivity contribution in [3.05, 3.63) is 53.0 Å². The molecule has 0 amide bonds. The Bertz CT molecular complexity index is 442. The summed E-state index contributed by atoms with van der Waals surface area (Å²) in [6, 6.07) is 1.76. The molecule has 2 rings (SSSR count). The van der Waals surface area contributed by atoms with Crippen molar-refractivity contribution in [2.24, 2.45) is 0 Å². The van der Waals surface area contributed by atoms with Crippen molar-refractivity contribution in [2.45, 2.75) is 12.7 Å². The molecule has 0 saturated carbocycles. The number of hydrogen-bond acceptors (Lipinski definition) is 2. The van der Waals surface area contributed by atoms with E-state index in [4.69, 9.17) is 11.6 Å². The summed E-state index contributed by atoms with van der Waals surface area (Å²) in [6.07, 6.45) is 7.74. The first-order valence-electron chi connectivity index (χ1n) is 4.55. The minimum atomic E-state index is -1.76. The lowest BCUT2D eigenvalue weighted by Crippen LogP contribution is -2.36. The molecular weight excluding hydrogens is 215 g/mol. The molecule has 1 aliphatic heterocycles. The number of pyridine rings is 1. The molecule has 1 N–H and O–H groups in total. The number of aromatic nitrogens is 1. The molecule has 4 heteroatoms. The molecule has 2 nitrogen and oxygen atoms in total. The monoisotopic (exact) mass is 224 g/mol. The van der Waals surface area contributed by atoms with Crippen molar-refractivity contribution in [3.8, 4) is 0 Å². The van der Waals surface area contributed by atoms with Crippen molar-refractivity contribution in [2.75, 3.05) is 0 Å². The molecule has 0 aromatic carbocycles. The Morgan fingerprint density at radius 3 is 3.00 bits per heavy atom. The van der Waals surface area contributed by atoms with Crippen LogP contribution >= 0.6 is 11.6 Å². The predicted molar refractivity (Wildman–Crippen MR) is 58.0 cm³/mol. The molecule has 78 valence electrons. The van der Waals surface area contributed by atoms with Gasteiger partial charge in [-0.25, -0.2) is 4.39 Å². The molecule has 0 radical (unpaired) electrons. The normalized spacial score (nSPS) is 24.6. The van der Waals surface area contributed by atoms with E-state index in [1.165, 1.54) is 12.3 Å². The maximum absolute atomic E-state index is 14.5. The molecule has 1 aromatic rings. The number of hydrogen-bond donors (Lipinski definition) is 1. The molecule has 0 spiro atoms. The quantitative estimate of drug-likeness (QED) is 0.742. The fourth-order valence-electron chi connectivity index (χ4n) is 1.52. The smallest absolute Gasteiger partial charge is 0.228 e. The number of halogens is 2. The van der Waals surface area contributed by atoms with Gasteiger partial charge in [0, 0.05) is 18.0 Å². The first-order chi connectivity index (χ1) is 7.12. The second-order valence-electron chi connectivity index (χ2n) is 3.40. The van der Waals surface area contributed by atoms with Crippen LogP contribution in [0.25, 0.3) is 0 Å². The predicted octanol–water partition coefficient (Wildman–Crippen LogP) is 2.75. The number of nitrogens with zero attached hydrogens (tertiary/aromatic N) is 1. The summed E-state index contributed by atoms with van der Waals surface area (Å²) >= 11 is 5.74. The van der Waals surface area contributed by atoms with Crippen molar-refractivity contribution < 1.29 is 4.39 Å². The highest BCUT2D eigenvalue weighted by molar-refractivity contribution is 6.29. The van der Waals surface area contributed by atoms with Crippen LogP contribution in [0.4, 0.5) is 4.39 Å². The Hall–Kier alpha value is -1.35. The molecule has 15 heavy (non-hydrogen) atoms. The SMILES string of the molecule is Cc1ccncc1C1(F)C=CC=C(Cl)N1. The minimum absolute atomic E-state index is 0.281. The van der Waals surface area contributed by atoms with Gasteiger partial charge in [0.2, 0.25) is 5.79 Å². The van der Waals surface area contributed by atoms with Gasteiger partial charge in [0.25, 0.3) is 0 Å². The lowest BCUT2D eigenvalue weighted by atomic mass is 10.00. The van der Waals surface area contributed by atoms with Crippen molar-refractivity contribution in [1.29, 1.82) is 0 Å². The van der Waals surface area contributed by atoms with Crippen LogP contribution in [0.2, 0.25) is 0 Å². The third-order valence-corrected chi connectivity index (χ3v) is 2.52. The number of dihydropyridines is 1. The van der Waals surface area contributed by atoms with Crippen LogP contribution in [0, 0.1) is 6.92 Å². The number of rotatable bonds is 1. The molecule has 0 aliphatic carbocycles. The zero-order valence-corrected chi connectivity index (χ0v) is 8.92. The highest BCUT2D eigenvalue weighted by Crippen LogP contribution is 2.30. The van der Waals surface area contributed by atoms with Crippen LogP contribution in [-0.4, -0.2) is 4.98 Å². The van der Waals surface area contributed by atoms with Crippen LogP contribution in [0.1, 0.15) is 11.1 Å². The third-order valence-electron chi connectivity index (χ3n) is 2.30. The van der Waals surface area contributed by atoms with Gasteiger partial charge in [-0.2, -0.15) is 0 Å². The van der Waals surface area contributed by atoms with Crippen LogP contribution in [-0.2, 0) is 5.79 Å². The lowest BCUT2D eigenvalue weighted by molar-refractivity contribution is 0.196. The summed E-state index contributed by atoms with van der Waals surface area (Å²) in [7, 11) is 0. The van der Waals surface area contributed by atoms with E-state index in [-0.39, 0.29) is 5.16 Å². The molecule has 0 fully saturated rings. The maximum atomic E-state index is 14.5. The number of alkyl halides is 1. The topological polar surface area (TPSA) is 24.9 Å². The van der Waals surface area contributed by atoms with Gasteiger partial charge in [-0.3, -0.25) is 4.98 Å². The van der Waals surface area contributed by atoms with E-state index in [1.54, 1.807) is 24.4 Å². The van der Waals surface area contributed by atoms with Gasteiger partial charge < -0.3 is 5.32 Å². The molecule has 0 saturated heterocycles. The number of nitrogens with one attached hydrogen (secondary N) is 1. The van der Waals surface area contributed by atoms with Crippen LogP contribution < -0.4 is 5.32 Å². The lowest BCUT2D eigenvalue weighted by Gasteiger charge is -2.27. The molecule has 1 aromatic heterocycles. The highest BCUT2D eigenvalue weighted by atomic mass is 35.5. The zero-order chi connectivity index (χ0) is 10.9. The zero-order valence-electron chi connectivity index (χ0n) is 8.17. The molecular formula is C11H10ClFN2. The standard InChI is InChI=1S/C11H10ClFN2/c1-8-4-6-14-7-9(8)11(13)5-2-3-10(12)15-11/h2-7,15H,1H3. The average Bonchev–Trinajstić information content (AvgIpc) is 2.17. The van der Waals surface area contributed by atoms with Crippen molar-refractivity contribution in [3.63, 3.8) is 0 Å². The Balaban J connectivity index is 2.44. The van der Waals surface area contributed by atoms with E-state index in [1.807, 2.05) is 6.92 Å². The Morgan fingerprint density at radius 1 is 1.53 bits per heavy atom. The van der Waals surface area contributed by atoms with Crippen molar-refractivity contribution in [1.82, 2.24) is 10.3 Å². The van der Waals surface area contributed by atoms with E-state index in [0.717, 1.165) is 5.56 Å². The second-order valence-corrected chi connectivity index (χ2v) is 3.81. The van der Waals surface area contributed by atoms with Gasteiger partial charge in [0.05, 0.1) is 0 Å². The van der Waals surface area contributed by atoms with E-state index < -0.39 is 5.79 Å². The van der Waals surface area contributed by atoms with Crippen LogP contribution in [0.5, 0.6) is 0 Å². The van der Waals surface area contributed by atoms with E-state index in [0.29, 0.717) is 5.56 Å². The second kappa shape index (κ2) is 3.66. The van der Waals surface area contributed by atoms with Crippen molar-refractivity contribution >= 4 is 11.6 Å². The Labute approximate surface area is 92.5 Å². The molecule has 0 bridgehead atoms. The molecule has 1 unspecified atom stereocenters. The van der Waals surface area contributed by atoms with E-state index in [9.17, 15) is 4.39 Å². The van der Waals surface area contributed by atoms with Gasteiger partial charge in [-0.15, -0.1) is 0 Å². The summed E-state index contributed by atoms with van der Waals surface area (Å²) in [6.45, 7) is 1.83. The first kappa shape index (κ1) is 10.2. The number of aryl methyl sites for hydroxylation is 1. The summed E-state index contributed by atoms with van der Waals surface area (Å²) < 4.78 is 14.5. The highest BCUT2D eigenvalue weighted by Gasteiger charge is 2.32. The maximum Gasteiger partial charge on any atom is 0.228 e. The van der Waals surface area contributed by atoms with Crippen LogP contribution in [0.3, 0.4) is 0 Å². The first-order valence-corrected chi connectivity index (χ1v) is 4.93. The Kier molecular flexibility index (Phi) is 2.49. The summed E-state index contributed by atoms with van der Waals surface area (Å²) in [5.74, 6) is -1.76. The van der Waals surface area contributed by atoms with Gasteiger partial charge in [-0.05, 0) is 30.7 Å². The van der Waals surface area contributed by atoms with Gasteiger partial charge >= 0.3 is 0 Å². The molecule has 1 aliphatic rings. The largest absolute Gasteiger partial charge is 0.337 e. The van der Waals surface area contributed by atoms with Gasteiger partial charge in [-0.1, -0.05) is 17.7 Å². The average molecular weight is 225 g/mol. The molecule has 1 atom stereocenters. The van der Waals surface area contributed by atoms with E-state index >= 15 is 0 Å². The number of allylic oxidation sites excluding steroid dienone is 2. The minimum Gasteiger partial charge on any atom is -0.337 e. The summed E-state index contributed by atoms with van der Waals surface area (Å²) in [5.41, 5.74) is 1.31. The van der Waals surface area contributed by atoms with Gasteiger partial charge in [0.15, 0.2) is 0 Å². The fourth-order valence-corrected chi connectivity index (χ4v) is 1.73. The van der Waals surface area contributed by atoms with E-state index in [2.05, 4.69) is 10.3 Å². The molecule has 2 heterocycles. The van der Waals surface area contributed by atoms with Crippen LogP contribution in [0.15, 0.2) is 41.8 Å². The Morgan fingerprint density at radius 2 is 2.33 bits per heavy atom.